The number of fused-ring (bicyclic) bond motifs is 1. The van der Waals surface area contributed by atoms with Crippen LogP contribution in [-0.4, -0.2) is 47.1 Å². The van der Waals surface area contributed by atoms with Gasteiger partial charge in [-0.05, 0) is 84.6 Å². The summed E-state index contributed by atoms with van der Waals surface area (Å²) in [4.78, 5) is 37.6. The molecule has 0 aliphatic carbocycles. The molecule has 7 nitrogen and oxygen atoms in total. The van der Waals surface area contributed by atoms with Crippen LogP contribution in [0.1, 0.15) is 64.5 Å². The van der Waals surface area contributed by atoms with E-state index in [9.17, 15) is 9.59 Å². The van der Waals surface area contributed by atoms with Gasteiger partial charge >= 0.3 is 6.03 Å². The molecule has 7 heteroatoms. The quantitative estimate of drug-likeness (QED) is 0.199. The smallest absolute Gasteiger partial charge is 0.307 e. The molecule has 2 amide bonds. The lowest BCUT2D eigenvalue weighted by atomic mass is 9.95. The number of urea groups is 1. The lowest BCUT2D eigenvalue weighted by Crippen LogP contribution is -2.39. The minimum absolute atomic E-state index is 0.163. The Hall–Kier alpha value is -4.41. The Morgan fingerprint density at radius 2 is 1.79 bits per heavy atom. The molecule has 0 saturated heterocycles. The number of anilines is 2. The van der Waals surface area contributed by atoms with Crippen LogP contribution >= 0.6 is 0 Å². The van der Waals surface area contributed by atoms with E-state index in [0.717, 1.165) is 65.8 Å². The second-order valence-corrected chi connectivity index (χ2v) is 10.7. The topological polar surface area (TPSA) is 81.3 Å². The average molecular weight is 564 g/mol. The Labute approximate surface area is 249 Å². The van der Waals surface area contributed by atoms with Crippen molar-refractivity contribution in [2.75, 3.05) is 36.4 Å². The fraction of sp³-hybridized carbons (Fsp3) is 0.343. The normalized spacial score (nSPS) is 11.0. The number of nitrogens with zero attached hydrogens (tertiary/aromatic N) is 3. The summed E-state index contributed by atoms with van der Waals surface area (Å²) in [5.41, 5.74) is 5.33. The molecule has 2 aromatic heterocycles. The van der Waals surface area contributed by atoms with Gasteiger partial charge in [0.05, 0.1) is 6.54 Å². The molecule has 0 radical (unpaired) electrons. The highest BCUT2D eigenvalue weighted by molar-refractivity contribution is 6.03. The van der Waals surface area contributed by atoms with Crippen LogP contribution in [0, 0.1) is 11.8 Å². The van der Waals surface area contributed by atoms with Crippen molar-refractivity contribution in [3.8, 4) is 23.0 Å². The molecule has 4 rings (SSSR count). The predicted molar refractivity (Wildman–Crippen MR) is 174 cm³/mol. The van der Waals surface area contributed by atoms with Crippen LogP contribution in [0.25, 0.3) is 22.2 Å². The summed E-state index contributed by atoms with van der Waals surface area (Å²) in [5.74, 6) is 6.76. The van der Waals surface area contributed by atoms with Gasteiger partial charge in [0.2, 0.25) is 0 Å². The Morgan fingerprint density at radius 3 is 2.52 bits per heavy atom. The van der Waals surface area contributed by atoms with Crippen molar-refractivity contribution in [3.63, 3.8) is 0 Å². The largest absolute Gasteiger partial charge is 0.326 e. The molecular formula is C35H41N5O2. The van der Waals surface area contributed by atoms with Gasteiger partial charge in [-0.2, -0.15) is 0 Å². The maximum Gasteiger partial charge on any atom is 0.326 e. The number of H-pyrrole nitrogens is 1. The molecule has 2 N–H and O–H groups in total. The summed E-state index contributed by atoms with van der Waals surface area (Å²) in [6.07, 6.45) is 3.29. The molecule has 0 aliphatic heterocycles. The molecular weight excluding hydrogens is 522 g/mol. The zero-order chi connectivity index (χ0) is 30.1. The number of unbranched alkanes of at least 4 members (excludes halogenated alkanes) is 1. The second kappa shape index (κ2) is 14.5. The molecule has 0 fully saturated rings. The van der Waals surface area contributed by atoms with E-state index >= 15 is 0 Å². The van der Waals surface area contributed by atoms with Crippen LogP contribution in [0.4, 0.5) is 16.2 Å². The first-order valence-corrected chi connectivity index (χ1v) is 14.9. The molecule has 0 saturated carbocycles. The Morgan fingerprint density at radius 1 is 1.00 bits per heavy atom. The Balaban J connectivity index is 1.62. The predicted octanol–water partition coefficient (Wildman–Crippen LogP) is 7.25. The molecule has 4 aromatic rings. The molecule has 0 unspecified atom stereocenters. The van der Waals surface area contributed by atoms with Crippen LogP contribution < -0.4 is 15.8 Å². The number of nitrogens with one attached hydrogen (secondary N) is 2. The first-order chi connectivity index (χ1) is 20.3. The van der Waals surface area contributed by atoms with Gasteiger partial charge in [0, 0.05) is 29.4 Å². The highest BCUT2D eigenvalue weighted by atomic mass is 16.2. The highest BCUT2D eigenvalue weighted by Gasteiger charge is 2.21. The van der Waals surface area contributed by atoms with Crippen molar-refractivity contribution in [1.82, 2.24) is 14.9 Å². The third-order valence-corrected chi connectivity index (χ3v) is 7.41. The van der Waals surface area contributed by atoms with Gasteiger partial charge in [0.1, 0.15) is 11.3 Å². The summed E-state index contributed by atoms with van der Waals surface area (Å²) in [7, 11) is 0. The second-order valence-electron chi connectivity index (χ2n) is 10.7. The number of pyridine rings is 2. The fourth-order valence-corrected chi connectivity index (χ4v) is 4.86. The number of aromatic amines is 1. The van der Waals surface area contributed by atoms with Gasteiger partial charge < -0.3 is 10.3 Å². The van der Waals surface area contributed by atoms with E-state index in [1.807, 2.05) is 36.4 Å². The molecule has 0 spiro atoms. The summed E-state index contributed by atoms with van der Waals surface area (Å²) in [6, 6.07) is 19.5. The van der Waals surface area contributed by atoms with Gasteiger partial charge in [-0.1, -0.05) is 71.1 Å². The molecule has 218 valence electrons. The van der Waals surface area contributed by atoms with E-state index in [4.69, 9.17) is 0 Å². The number of hydrogen-bond donors (Lipinski definition) is 2. The van der Waals surface area contributed by atoms with Crippen molar-refractivity contribution in [1.29, 1.82) is 0 Å². The van der Waals surface area contributed by atoms with Gasteiger partial charge in [0.25, 0.3) is 5.56 Å². The summed E-state index contributed by atoms with van der Waals surface area (Å²) in [6.45, 7) is 13.7. The van der Waals surface area contributed by atoms with Crippen molar-refractivity contribution in [2.45, 2.75) is 53.4 Å². The Bertz CT molecular complexity index is 1640. The van der Waals surface area contributed by atoms with E-state index in [-0.39, 0.29) is 17.5 Å². The van der Waals surface area contributed by atoms with Gasteiger partial charge in [-0.3, -0.25) is 14.6 Å². The number of amides is 2. The lowest BCUT2D eigenvalue weighted by molar-refractivity contribution is 0.256. The number of aromatic nitrogens is 2. The van der Waals surface area contributed by atoms with E-state index in [0.29, 0.717) is 17.9 Å². The third-order valence-electron chi connectivity index (χ3n) is 7.41. The van der Waals surface area contributed by atoms with Crippen molar-refractivity contribution >= 4 is 28.4 Å². The van der Waals surface area contributed by atoms with E-state index in [1.54, 1.807) is 12.3 Å². The fourth-order valence-electron chi connectivity index (χ4n) is 4.86. The van der Waals surface area contributed by atoms with Crippen LogP contribution in [0.2, 0.25) is 0 Å². The maximum atomic E-state index is 13.7. The minimum Gasteiger partial charge on any atom is -0.307 e. The first-order valence-electron chi connectivity index (χ1n) is 14.9. The van der Waals surface area contributed by atoms with E-state index in [2.05, 4.69) is 84.8 Å². The number of benzene rings is 2. The molecule has 2 aromatic carbocycles. The minimum atomic E-state index is -0.341. The molecule has 2 heterocycles. The number of hydrogen-bond acceptors (Lipinski definition) is 4. The summed E-state index contributed by atoms with van der Waals surface area (Å²) in [5, 5.41) is 3.88. The van der Waals surface area contributed by atoms with Crippen molar-refractivity contribution in [3.05, 3.63) is 88.3 Å². The van der Waals surface area contributed by atoms with Crippen LogP contribution in [0.5, 0.6) is 0 Å². The SMILES string of the molecule is CCCCN(C(=O)Nc1ccc(-c2cccc(C#CCN(CC)CC)c2)cc1C(C)C)c1cc2cccnc2[nH]c1=O. The molecule has 42 heavy (non-hydrogen) atoms. The van der Waals surface area contributed by atoms with E-state index in [1.165, 1.54) is 4.90 Å². The van der Waals surface area contributed by atoms with Gasteiger partial charge in [-0.25, -0.2) is 9.78 Å². The number of carbonyl (C=O) groups excluding carboxylic acids is 1. The van der Waals surface area contributed by atoms with E-state index < -0.39 is 0 Å². The molecule has 0 bridgehead atoms. The van der Waals surface area contributed by atoms with Gasteiger partial charge in [-0.15, -0.1) is 0 Å². The standard InChI is InChI=1S/C35H41N5O2/c1-6-9-21-40(32-24-29-16-11-19-36-33(29)38-34(32)41)35(42)37-31-18-17-28(23-30(31)25(4)5)27-15-10-13-26(22-27)14-12-20-39(7-2)8-3/h10-11,13,15-19,22-25H,6-9,20-21H2,1-5H3,(H,37,42)(H,36,38,41). The summed E-state index contributed by atoms with van der Waals surface area (Å²) < 4.78 is 0. The monoisotopic (exact) mass is 563 g/mol. The summed E-state index contributed by atoms with van der Waals surface area (Å²) >= 11 is 0. The lowest BCUT2D eigenvalue weighted by Gasteiger charge is -2.24. The Kier molecular flexibility index (Phi) is 10.5. The van der Waals surface area contributed by atoms with Crippen molar-refractivity contribution in [2.24, 2.45) is 0 Å². The number of carbonyl (C=O) groups is 1. The van der Waals surface area contributed by atoms with Gasteiger partial charge in [0.15, 0.2) is 0 Å². The number of rotatable bonds is 10. The first kappa shape index (κ1) is 30.5. The average Bonchev–Trinajstić information content (AvgIpc) is 3.00. The molecule has 0 aliphatic rings. The van der Waals surface area contributed by atoms with Crippen LogP contribution in [-0.2, 0) is 0 Å². The zero-order valence-electron chi connectivity index (χ0n) is 25.3. The maximum absolute atomic E-state index is 13.7. The van der Waals surface area contributed by atoms with Crippen molar-refractivity contribution < 1.29 is 4.79 Å². The third kappa shape index (κ3) is 7.45. The van der Waals surface area contributed by atoms with Crippen LogP contribution in [0.3, 0.4) is 0 Å². The molecule has 0 atom stereocenters. The van der Waals surface area contributed by atoms with Crippen LogP contribution in [0.15, 0.2) is 71.7 Å². The highest BCUT2D eigenvalue weighted by Crippen LogP contribution is 2.31. The zero-order valence-corrected chi connectivity index (χ0v) is 25.3.